The van der Waals surface area contributed by atoms with E-state index in [1.165, 1.54) is 11.3 Å². The Labute approximate surface area is 109 Å². The van der Waals surface area contributed by atoms with Gasteiger partial charge < -0.3 is 11.1 Å². The predicted molar refractivity (Wildman–Crippen MR) is 71.3 cm³/mol. The highest BCUT2D eigenvalue weighted by molar-refractivity contribution is 7.10. The predicted octanol–water partition coefficient (Wildman–Crippen LogP) is 2.33. The van der Waals surface area contributed by atoms with E-state index in [1.54, 1.807) is 23.6 Å². The molecule has 0 aliphatic carbocycles. The van der Waals surface area contributed by atoms with Gasteiger partial charge in [-0.2, -0.15) is 5.26 Å². The Hall–Kier alpha value is -2.32. The fourth-order valence-corrected chi connectivity index (χ4v) is 2.30. The van der Waals surface area contributed by atoms with Crippen LogP contribution in [0.4, 0.5) is 5.69 Å². The average molecular weight is 257 g/mol. The summed E-state index contributed by atoms with van der Waals surface area (Å²) in [6.07, 6.45) is 0. The van der Waals surface area contributed by atoms with Crippen LogP contribution in [0.2, 0.25) is 0 Å². The molecule has 0 spiro atoms. The first kappa shape index (κ1) is 12.1. The van der Waals surface area contributed by atoms with Crippen molar-refractivity contribution in [1.82, 2.24) is 0 Å². The van der Waals surface area contributed by atoms with Crippen LogP contribution in [0.15, 0.2) is 35.7 Å². The van der Waals surface area contributed by atoms with E-state index in [0.29, 0.717) is 17.7 Å². The van der Waals surface area contributed by atoms with Crippen molar-refractivity contribution in [3.63, 3.8) is 0 Å². The fourth-order valence-electron chi connectivity index (χ4n) is 1.49. The minimum Gasteiger partial charge on any atom is -0.380 e. The highest BCUT2D eigenvalue weighted by Gasteiger charge is 2.04. The van der Waals surface area contributed by atoms with Gasteiger partial charge in [-0.15, -0.1) is 11.3 Å². The number of nitrogens with zero attached hydrogens (tertiary/aromatic N) is 1. The summed E-state index contributed by atoms with van der Waals surface area (Å²) >= 11 is 1.48. The second kappa shape index (κ2) is 5.34. The monoisotopic (exact) mass is 257 g/mol. The number of amides is 1. The highest BCUT2D eigenvalue weighted by atomic mass is 32.1. The van der Waals surface area contributed by atoms with Gasteiger partial charge in [-0.3, -0.25) is 4.79 Å². The molecule has 3 N–H and O–H groups in total. The molecular formula is C13H11N3OS. The van der Waals surface area contributed by atoms with Crippen LogP contribution < -0.4 is 11.1 Å². The van der Waals surface area contributed by atoms with Crippen molar-refractivity contribution in [2.24, 2.45) is 5.73 Å². The number of hydrogen-bond donors (Lipinski definition) is 2. The third-order valence-corrected chi connectivity index (χ3v) is 3.33. The summed E-state index contributed by atoms with van der Waals surface area (Å²) in [5, 5.41) is 13.7. The lowest BCUT2D eigenvalue weighted by Crippen LogP contribution is -2.09. The molecule has 0 aliphatic heterocycles. The van der Waals surface area contributed by atoms with Crippen molar-refractivity contribution in [2.45, 2.75) is 6.54 Å². The van der Waals surface area contributed by atoms with Gasteiger partial charge in [0, 0.05) is 22.5 Å². The van der Waals surface area contributed by atoms with E-state index in [2.05, 4.69) is 11.4 Å². The largest absolute Gasteiger partial charge is 0.380 e. The third kappa shape index (κ3) is 2.87. The summed E-state index contributed by atoms with van der Waals surface area (Å²) in [7, 11) is 0. The molecule has 0 saturated heterocycles. The summed E-state index contributed by atoms with van der Waals surface area (Å²) in [5.74, 6) is -0.413. The van der Waals surface area contributed by atoms with Crippen molar-refractivity contribution >= 4 is 22.9 Å². The van der Waals surface area contributed by atoms with Crippen molar-refractivity contribution in [2.75, 3.05) is 5.32 Å². The van der Waals surface area contributed by atoms with E-state index in [-0.39, 0.29) is 0 Å². The molecule has 0 fully saturated rings. The topological polar surface area (TPSA) is 78.9 Å². The lowest BCUT2D eigenvalue weighted by molar-refractivity contribution is 0.100. The van der Waals surface area contributed by atoms with Gasteiger partial charge in [0.1, 0.15) is 0 Å². The molecule has 4 nitrogen and oxygen atoms in total. The number of primary amides is 1. The first-order valence-corrected chi connectivity index (χ1v) is 6.18. The number of rotatable bonds is 4. The van der Waals surface area contributed by atoms with Crippen molar-refractivity contribution in [3.8, 4) is 6.07 Å². The first-order valence-electron chi connectivity index (χ1n) is 5.30. The van der Waals surface area contributed by atoms with Gasteiger partial charge in [-0.25, -0.2) is 0 Å². The Kier molecular flexibility index (Phi) is 3.60. The lowest BCUT2D eigenvalue weighted by atomic mass is 10.2. The average Bonchev–Trinajstić information content (AvgIpc) is 2.85. The van der Waals surface area contributed by atoms with Crippen LogP contribution in [0.3, 0.4) is 0 Å². The summed E-state index contributed by atoms with van der Waals surface area (Å²) < 4.78 is 0. The van der Waals surface area contributed by atoms with Gasteiger partial charge >= 0.3 is 0 Å². The number of benzene rings is 1. The number of thiophene rings is 1. The third-order valence-electron chi connectivity index (χ3n) is 2.40. The molecule has 0 atom stereocenters. The maximum Gasteiger partial charge on any atom is 0.249 e. The van der Waals surface area contributed by atoms with Gasteiger partial charge in [0.05, 0.1) is 17.2 Å². The molecule has 1 amide bonds. The number of carbonyl (C=O) groups is 1. The zero-order chi connectivity index (χ0) is 13.0. The summed E-state index contributed by atoms with van der Waals surface area (Å²) in [4.78, 5) is 12.0. The number of nitrogens with one attached hydrogen (secondary N) is 1. The van der Waals surface area contributed by atoms with Crippen LogP contribution in [0, 0.1) is 11.3 Å². The summed E-state index contributed by atoms with van der Waals surface area (Å²) in [6.45, 7) is 0.604. The molecule has 90 valence electrons. The minimum absolute atomic E-state index is 0.413. The molecule has 0 bridgehead atoms. The van der Waals surface area contributed by atoms with Crippen molar-refractivity contribution in [1.29, 1.82) is 5.26 Å². The van der Waals surface area contributed by atoms with Crippen LogP contribution in [0.1, 0.15) is 20.8 Å². The van der Waals surface area contributed by atoms with Gasteiger partial charge in [0.15, 0.2) is 0 Å². The lowest BCUT2D eigenvalue weighted by Gasteiger charge is -2.04. The van der Waals surface area contributed by atoms with E-state index in [9.17, 15) is 4.79 Å². The Morgan fingerprint density at radius 2 is 2.28 bits per heavy atom. The number of nitriles is 1. The molecule has 1 aromatic heterocycles. The Bertz CT molecular complexity index is 613. The van der Waals surface area contributed by atoms with Crippen LogP contribution in [-0.4, -0.2) is 5.91 Å². The van der Waals surface area contributed by atoms with Crippen LogP contribution >= 0.6 is 11.3 Å². The molecule has 0 aliphatic rings. The van der Waals surface area contributed by atoms with Crippen LogP contribution in [-0.2, 0) is 6.54 Å². The zero-order valence-electron chi connectivity index (χ0n) is 9.51. The van der Waals surface area contributed by atoms with E-state index in [0.717, 1.165) is 10.6 Å². The minimum atomic E-state index is -0.413. The first-order chi connectivity index (χ1) is 8.69. The molecule has 0 radical (unpaired) electrons. The molecule has 5 heteroatoms. The second-order valence-corrected chi connectivity index (χ2v) is 4.71. The van der Waals surface area contributed by atoms with E-state index >= 15 is 0 Å². The Morgan fingerprint density at radius 3 is 2.94 bits per heavy atom. The normalized spacial score (nSPS) is 9.72. The summed E-state index contributed by atoms with van der Waals surface area (Å²) in [6, 6.07) is 11.1. The smallest absolute Gasteiger partial charge is 0.249 e. The molecule has 0 unspecified atom stereocenters. The molecule has 18 heavy (non-hydrogen) atoms. The quantitative estimate of drug-likeness (QED) is 0.882. The van der Waals surface area contributed by atoms with Crippen LogP contribution in [0.25, 0.3) is 0 Å². The Morgan fingerprint density at radius 1 is 1.44 bits per heavy atom. The second-order valence-electron chi connectivity index (χ2n) is 3.71. The standard InChI is InChI=1S/C13H11N3OS/c14-6-9-2-1-3-11(4-9)16-7-12-5-10(8-18-12)13(15)17/h1-5,8,16H,7H2,(H2,15,17). The highest BCUT2D eigenvalue weighted by Crippen LogP contribution is 2.17. The van der Waals surface area contributed by atoms with Crippen molar-refractivity contribution < 1.29 is 4.79 Å². The molecule has 2 aromatic rings. The van der Waals surface area contributed by atoms with E-state index in [1.807, 2.05) is 12.1 Å². The maximum atomic E-state index is 10.9. The maximum absolute atomic E-state index is 10.9. The molecule has 0 saturated carbocycles. The number of nitrogens with two attached hydrogens (primary N) is 1. The number of carbonyl (C=O) groups excluding carboxylic acids is 1. The van der Waals surface area contributed by atoms with Gasteiger partial charge in [0.2, 0.25) is 5.91 Å². The van der Waals surface area contributed by atoms with Crippen LogP contribution in [0.5, 0.6) is 0 Å². The number of hydrogen-bond acceptors (Lipinski definition) is 4. The zero-order valence-corrected chi connectivity index (χ0v) is 10.3. The fraction of sp³-hybridized carbons (Fsp3) is 0.0769. The molecule has 2 rings (SSSR count). The molecular weight excluding hydrogens is 246 g/mol. The van der Waals surface area contributed by atoms with E-state index in [4.69, 9.17) is 11.0 Å². The van der Waals surface area contributed by atoms with E-state index < -0.39 is 5.91 Å². The van der Waals surface area contributed by atoms with Gasteiger partial charge in [-0.1, -0.05) is 6.07 Å². The molecule has 1 aromatic carbocycles. The van der Waals surface area contributed by atoms with Crippen molar-refractivity contribution in [3.05, 3.63) is 51.7 Å². The van der Waals surface area contributed by atoms with Gasteiger partial charge in [-0.05, 0) is 24.3 Å². The molecule has 1 heterocycles. The summed E-state index contributed by atoms with van der Waals surface area (Å²) in [5.41, 5.74) is 7.21. The van der Waals surface area contributed by atoms with Gasteiger partial charge in [0.25, 0.3) is 0 Å². The Balaban J connectivity index is 2.02. The SMILES string of the molecule is N#Cc1cccc(NCc2cc(C(N)=O)cs2)c1. The number of anilines is 1.